The van der Waals surface area contributed by atoms with Crippen molar-refractivity contribution in [2.45, 2.75) is 26.4 Å². The number of thiol groups is 1. The van der Waals surface area contributed by atoms with E-state index in [1.54, 1.807) is 49.6 Å². The molecule has 9 heteroatoms. The van der Waals surface area contributed by atoms with Crippen LogP contribution in [0.2, 0.25) is 0 Å². The van der Waals surface area contributed by atoms with Gasteiger partial charge in [-0.15, -0.1) is 11.3 Å². The van der Waals surface area contributed by atoms with Gasteiger partial charge in [0.2, 0.25) is 10.9 Å². The van der Waals surface area contributed by atoms with E-state index in [0.29, 0.717) is 23.5 Å². The Hall–Kier alpha value is -2.91. The molecule has 0 aliphatic rings. The van der Waals surface area contributed by atoms with Gasteiger partial charge < -0.3 is 10.2 Å². The van der Waals surface area contributed by atoms with Crippen molar-refractivity contribution in [2.75, 3.05) is 23.3 Å². The summed E-state index contributed by atoms with van der Waals surface area (Å²) in [7, 11) is 0.871. The Morgan fingerprint density at radius 2 is 1.94 bits per heavy atom. The zero-order valence-corrected chi connectivity index (χ0v) is 19.6. The number of amides is 1. The van der Waals surface area contributed by atoms with Crippen LogP contribution in [0.1, 0.15) is 29.8 Å². The molecule has 0 aliphatic heterocycles. The van der Waals surface area contributed by atoms with E-state index in [0.717, 1.165) is 16.1 Å². The molecule has 0 radical (unpaired) electrons. The van der Waals surface area contributed by atoms with Gasteiger partial charge in [-0.1, -0.05) is 18.2 Å². The molecule has 1 amide bonds. The van der Waals surface area contributed by atoms with Crippen LogP contribution >= 0.6 is 11.3 Å². The number of carbonyl (C=O) groups is 1. The molecule has 1 heterocycles. The molecule has 0 bridgehead atoms. The second-order valence-corrected chi connectivity index (χ2v) is 9.29. The molecule has 7 nitrogen and oxygen atoms in total. The maximum atomic E-state index is 13.1. The molecule has 3 rings (SSSR count). The van der Waals surface area contributed by atoms with Crippen molar-refractivity contribution >= 4 is 39.5 Å². The van der Waals surface area contributed by atoms with Gasteiger partial charge >= 0.3 is 0 Å². The highest BCUT2D eigenvalue weighted by Gasteiger charge is 2.19. The van der Waals surface area contributed by atoms with Crippen molar-refractivity contribution in [2.24, 2.45) is 0 Å². The molecule has 0 saturated heterocycles. The molecular formula is C22H26N4O3S2. The summed E-state index contributed by atoms with van der Waals surface area (Å²) in [4.78, 5) is 19.2. The third kappa shape index (κ3) is 5.42. The van der Waals surface area contributed by atoms with Gasteiger partial charge in [-0.3, -0.25) is 9.10 Å². The maximum Gasteiger partial charge on any atom is 0.253 e. The lowest BCUT2D eigenvalue weighted by Gasteiger charge is -2.24. The molecule has 0 unspecified atom stereocenters. The Balaban J connectivity index is 1.85. The first-order valence-electron chi connectivity index (χ1n) is 9.80. The highest BCUT2D eigenvalue weighted by Crippen LogP contribution is 2.27. The Labute approximate surface area is 188 Å². The van der Waals surface area contributed by atoms with E-state index >= 15 is 0 Å². The van der Waals surface area contributed by atoms with Crippen LogP contribution in [-0.4, -0.2) is 39.4 Å². The predicted molar refractivity (Wildman–Crippen MR) is 127 cm³/mol. The molecule has 3 aromatic rings. The molecular weight excluding hydrogens is 432 g/mol. The lowest BCUT2D eigenvalue weighted by molar-refractivity contribution is 0.0951. The minimum Gasteiger partial charge on any atom is -0.377 e. The van der Waals surface area contributed by atoms with Crippen molar-refractivity contribution in [3.05, 3.63) is 65.2 Å². The van der Waals surface area contributed by atoms with E-state index in [-0.39, 0.29) is 11.9 Å². The fourth-order valence-electron chi connectivity index (χ4n) is 3.28. The van der Waals surface area contributed by atoms with Gasteiger partial charge in [0.05, 0.1) is 11.3 Å². The van der Waals surface area contributed by atoms with Crippen LogP contribution in [0.5, 0.6) is 0 Å². The fourth-order valence-corrected chi connectivity index (χ4v) is 4.60. The van der Waals surface area contributed by atoms with Crippen molar-refractivity contribution in [1.29, 1.82) is 0 Å². The van der Waals surface area contributed by atoms with Crippen LogP contribution < -0.4 is 14.5 Å². The normalized spacial score (nSPS) is 11.0. The predicted octanol–water partition coefficient (Wildman–Crippen LogP) is 3.55. The largest absolute Gasteiger partial charge is 0.377 e. The summed E-state index contributed by atoms with van der Waals surface area (Å²) >= 11 is 1.56. The number of aromatic nitrogens is 1. The molecule has 1 aromatic heterocycles. The van der Waals surface area contributed by atoms with E-state index in [1.165, 1.54) is 4.31 Å². The van der Waals surface area contributed by atoms with E-state index < -0.39 is 10.9 Å². The minimum atomic E-state index is -2.82. The second-order valence-electron chi connectivity index (χ2n) is 7.49. The summed E-state index contributed by atoms with van der Waals surface area (Å²) in [6.45, 7) is 3.93. The maximum absolute atomic E-state index is 13.1. The van der Waals surface area contributed by atoms with Crippen LogP contribution in [0.3, 0.4) is 0 Å². The fraction of sp³-hybridized carbons (Fsp3) is 0.273. The van der Waals surface area contributed by atoms with Gasteiger partial charge in [-0.2, -0.15) is 0 Å². The first-order chi connectivity index (χ1) is 14.8. The zero-order valence-electron chi connectivity index (χ0n) is 17.9. The first-order valence-corrected chi connectivity index (χ1v) is 11.8. The highest BCUT2D eigenvalue weighted by molar-refractivity contribution is 7.74. The summed E-state index contributed by atoms with van der Waals surface area (Å²) < 4.78 is 24.7. The summed E-state index contributed by atoms with van der Waals surface area (Å²) in [5.74, 6) is -0.268. The van der Waals surface area contributed by atoms with Crippen molar-refractivity contribution in [3.63, 3.8) is 0 Å². The number of anilines is 2. The summed E-state index contributed by atoms with van der Waals surface area (Å²) in [6, 6.07) is 12.7. The van der Waals surface area contributed by atoms with Gasteiger partial charge in [0.25, 0.3) is 5.91 Å². The molecule has 31 heavy (non-hydrogen) atoms. The quantitative estimate of drug-likeness (QED) is 0.505. The number of carbonyl (C=O) groups excluding carboxylic acids is 1. The Bertz CT molecular complexity index is 1120. The lowest BCUT2D eigenvalue weighted by atomic mass is 10.1. The summed E-state index contributed by atoms with van der Waals surface area (Å²) in [6.07, 6.45) is 1.76. The van der Waals surface area contributed by atoms with Gasteiger partial charge in [-0.25, -0.2) is 13.4 Å². The van der Waals surface area contributed by atoms with Gasteiger partial charge in [0.1, 0.15) is 5.01 Å². The molecule has 0 atom stereocenters. The zero-order chi connectivity index (χ0) is 22.5. The molecule has 0 aliphatic carbocycles. The number of benzene rings is 2. The molecule has 1 N–H and O–H groups in total. The molecule has 0 spiro atoms. The summed E-state index contributed by atoms with van der Waals surface area (Å²) in [5, 5.41) is 5.81. The average molecular weight is 459 g/mol. The third-order valence-corrected chi connectivity index (χ3v) is 6.56. The number of rotatable bonds is 8. The van der Waals surface area contributed by atoms with Crippen LogP contribution in [0.15, 0.2) is 54.0 Å². The number of nitrogens with one attached hydrogen (secondary N) is 1. The van der Waals surface area contributed by atoms with Gasteiger partial charge in [0, 0.05) is 49.5 Å². The van der Waals surface area contributed by atoms with Crippen LogP contribution in [0, 0.1) is 0 Å². The Kier molecular flexibility index (Phi) is 7.29. The highest BCUT2D eigenvalue weighted by atomic mass is 32.2. The standard InChI is InChI=1S/C22H26N4O3S2/c1-15(2)26(31(28)29)18-8-9-20(25(3)4)19(13-18)21(27)24-14-16-6-5-7-17(12-16)22-23-10-11-30-22/h5-13,15,31H,14H2,1-4H3,(H,24,27). The van der Waals surface area contributed by atoms with Crippen molar-refractivity contribution in [1.82, 2.24) is 10.3 Å². The third-order valence-electron chi connectivity index (χ3n) is 4.70. The number of thiazole rings is 1. The SMILES string of the molecule is CC(C)N(c1ccc(N(C)C)c(C(=O)NCc2cccc(-c3nccs3)c2)c1)[SH](=O)=O. The molecule has 0 fully saturated rings. The van der Waals surface area contributed by atoms with Crippen molar-refractivity contribution < 1.29 is 13.2 Å². The second kappa shape index (κ2) is 9.93. The molecule has 2 aromatic carbocycles. The van der Waals surface area contributed by atoms with E-state index in [4.69, 9.17) is 0 Å². The van der Waals surface area contributed by atoms with Crippen LogP contribution in [-0.2, 0) is 17.4 Å². The van der Waals surface area contributed by atoms with E-state index in [2.05, 4.69) is 10.3 Å². The van der Waals surface area contributed by atoms with Crippen molar-refractivity contribution in [3.8, 4) is 10.6 Å². The number of nitrogens with zero attached hydrogens (tertiary/aromatic N) is 3. The van der Waals surface area contributed by atoms with Gasteiger partial charge in [-0.05, 0) is 43.7 Å². The Morgan fingerprint density at radius 3 is 2.55 bits per heavy atom. The molecule has 164 valence electrons. The minimum absolute atomic E-state index is 0.254. The lowest BCUT2D eigenvalue weighted by Crippen LogP contribution is -2.30. The van der Waals surface area contributed by atoms with E-state index in [1.807, 2.05) is 48.6 Å². The smallest absolute Gasteiger partial charge is 0.253 e. The first kappa shape index (κ1) is 22.8. The summed E-state index contributed by atoms with van der Waals surface area (Å²) in [5.41, 5.74) is 3.55. The van der Waals surface area contributed by atoms with Crippen LogP contribution in [0.25, 0.3) is 10.6 Å². The molecule has 0 saturated carbocycles. The van der Waals surface area contributed by atoms with E-state index in [9.17, 15) is 13.2 Å². The monoisotopic (exact) mass is 458 g/mol. The van der Waals surface area contributed by atoms with Gasteiger partial charge in [0.15, 0.2) is 0 Å². The average Bonchev–Trinajstić information content (AvgIpc) is 3.26. The van der Waals surface area contributed by atoms with Crippen LogP contribution in [0.4, 0.5) is 11.4 Å². The number of hydrogen-bond acceptors (Lipinski definition) is 6. The Morgan fingerprint density at radius 1 is 1.16 bits per heavy atom. The topological polar surface area (TPSA) is 82.6 Å². The number of hydrogen-bond donors (Lipinski definition) is 2.